The average Bonchev–Trinajstić information content (AvgIpc) is 2.90. The lowest BCUT2D eigenvalue weighted by atomic mass is 10.1. The summed E-state index contributed by atoms with van der Waals surface area (Å²) in [5, 5.41) is 2.88. The highest BCUT2D eigenvalue weighted by atomic mass is 32.2. The highest BCUT2D eigenvalue weighted by Gasteiger charge is 2.33. The molecule has 9 heteroatoms. The van der Waals surface area contributed by atoms with Crippen molar-refractivity contribution in [2.75, 3.05) is 10.8 Å². The zero-order valence-corrected chi connectivity index (χ0v) is 23.8. The monoisotopic (exact) mass is 553 g/mol. The van der Waals surface area contributed by atoms with E-state index in [2.05, 4.69) is 5.32 Å². The Kier molecular flexibility index (Phi) is 9.50. The lowest BCUT2D eigenvalue weighted by molar-refractivity contribution is -0.140. The van der Waals surface area contributed by atoms with Crippen molar-refractivity contribution in [2.45, 2.75) is 64.1 Å². The SMILES string of the molecule is CCc1ccc(N(CC(=O)N(Cc2ccc(F)cc2)C(C)C(=O)NC(C)(C)C)S(=O)(=O)c2ccccc2)cc1. The number of halogens is 1. The molecule has 1 N–H and O–H groups in total. The van der Waals surface area contributed by atoms with E-state index < -0.39 is 39.9 Å². The van der Waals surface area contributed by atoms with Crippen LogP contribution < -0.4 is 9.62 Å². The maximum absolute atomic E-state index is 13.9. The topological polar surface area (TPSA) is 86.8 Å². The molecule has 2 amide bonds. The first-order valence-electron chi connectivity index (χ1n) is 12.8. The van der Waals surface area contributed by atoms with Gasteiger partial charge in [0, 0.05) is 12.1 Å². The summed E-state index contributed by atoms with van der Waals surface area (Å²) in [5.41, 5.74) is 1.41. The second-order valence-corrected chi connectivity index (χ2v) is 12.3. The molecule has 0 radical (unpaired) electrons. The Hall–Kier alpha value is -3.72. The maximum atomic E-state index is 13.9. The molecular weight excluding hydrogens is 517 g/mol. The van der Waals surface area contributed by atoms with Crippen LogP contribution in [0.2, 0.25) is 0 Å². The fourth-order valence-corrected chi connectivity index (χ4v) is 5.42. The van der Waals surface area contributed by atoms with E-state index in [1.807, 2.05) is 39.8 Å². The van der Waals surface area contributed by atoms with E-state index in [0.717, 1.165) is 16.3 Å². The number of amides is 2. The number of hydrogen-bond donors (Lipinski definition) is 1. The molecule has 1 atom stereocenters. The smallest absolute Gasteiger partial charge is 0.264 e. The molecule has 208 valence electrons. The van der Waals surface area contributed by atoms with E-state index in [9.17, 15) is 22.4 Å². The second-order valence-electron chi connectivity index (χ2n) is 10.4. The Bertz CT molecular complexity index is 1370. The van der Waals surface area contributed by atoms with Crippen LogP contribution in [0.4, 0.5) is 10.1 Å². The molecule has 3 aromatic rings. The number of aryl methyl sites for hydroxylation is 1. The summed E-state index contributed by atoms with van der Waals surface area (Å²) >= 11 is 0. The number of carbonyl (C=O) groups excluding carboxylic acids is 2. The Morgan fingerprint density at radius 2 is 1.46 bits per heavy atom. The van der Waals surface area contributed by atoms with Gasteiger partial charge in [-0.15, -0.1) is 0 Å². The van der Waals surface area contributed by atoms with Gasteiger partial charge in [0.05, 0.1) is 10.6 Å². The van der Waals surface area contributed by atoms with Crippen LogP contribution in [-0.4, -0.2) is 43.3 Å². The first kappa shape index (κ1) is 29.8. The van der Waals surface area contributed by atoms with Gasteiger partial charge < -0.3 is 10.2 Å². The standard InChI is InChI=1S/C30H36FN3O4S/c1-6-23-14-18-26(19-15-23)34(39(37,38)27-10-8-7-9-11-27)21-28(35)33(20-24-12-16-25(31)17-13-24)22(2)29(36)32-30(3,4)5/h7-19,22H,6,20-21H2,1-5H3,(H,32,36). The summed E-state index contributed by atoms with van der Waals surface area (Å²) in [4.78, 5) is 28.3. The number of hydrogen-bond acceptors (Lipinski definition) is 4. The normalized spacial score (nSPS) is 12.5. The van der Waals surface area contributed by atoms with Crippen molar-refractivity contribution in [2.24, 2.45) is 0 Å². The van der Waals surface area contributed by atoms with E-state index in [-0.39, 0.29) is 17.3 Å². The molecular formula is C30H36FN3O4S. The van der Waals surface area contributed by atoms with Gasteiger partial charge in [0.1, 0.15) is 18.4 Å². The zero-order chi connectivity index (χ0) is 28.8. The number of sulfonamides is 1. The summed E-state index contributed by atoms with van der Waals surface area (Å²) in [6, 6.07) is 19.6. The molecule has 0 aliphatic carbocycles. The van der Waals surface area contributed by atoms with Gasteiger partial charge in [-0.2, -0.15) is 0 Å². The van der Waals surface area contributed by atoms with Crippen molar-refractivity contribution >= 4 is 27.5 Å². The van der Waals surface area contributed by atoms with Crippen molar-refractivity contribution in [3.05, 3.63) is 95.8 Å². The Morgan fingerprint density at radius 3 is 2.00 bits per heavy atom. The molecule has 0 spiro atoms. The van der Waals surface area contributed by atoms with Gasteiger partial charge in [-0.05, 0) is 81.6 Å². The summed E-state index contributed by atoms with van der Waals surface area (Å²) in [6.45, 7) is 8.54. The van der Waals surface area contributed by atoms with Crippen molar-refractivity contribution in [1.29, 1.82) is 0 Å². The van der Waals surface area contributed by atoms with Gasteiger partial charge in [-0.3, -0.25) is 13.9 Å². The Labute approximate surface area is 230 Å². The van der Waals surface area contributed by atoms with Gasteiger partial charge in [0.15, 0.2) is 0 Å². The average molecular weight is 554 g/mol. The third-order valence-corrected chi connectivity index (χ3v) is 7.96. The summed E-state index contributed by atoms with van der Waals surface area (Å²) in [5.74, 6) is -1.39. The van der Waals surface area contributed by atoms with Crippen LogP contribution in [0, 0.1) is 5.82 Å². The molecule has 39 heavy (non-hydrogen) atoms. The number of carbonyl (C=O) groups is 2. The molecule has 0 bridgehead atoms. The molecule has 0 aliphatic rings. The van der Waals surface area contributed by atoms with Gasteiger partial charge in [0.2, 0.25) is 11.8 Å². The van der Waals surface area contributed by atoms with Gasteiger partial charge in [-0.25, -0.2) is 12.8 Å². The minimum Gasteiger partial charge on any atom is -0.350 e. The molecule has 3 rings (SSSR count). The molecule has 0 aromatic heterocycles. The molecule has 7 nitrogen and oxygen atoms in total. The van der Waals surface area contributed by atoms with E-state index in [0.29, 0.717) is 11.3 Å². The van der Waals surface area contributed by atoms with E-state index >= 15 is 0 Å². The van der Waals surface area contributed by atoms with Crippen molar-refractivity contribution < 1.29 is 22.4 Å². The van der Waals surface area contributed by atoms with Crippen molar-refractivity contribution in [1.82, 2.24) is 10.2 Å². The third kappa shape index (κ3) is 7.89. The fourth-order valence-electron chi connectivity index (χ4n) is 3.99. The first-order valence-corrected chi connectivity index (χ1v) is 14.3. The van der Waals surface area contributed by atoms with Crippen LogP contribution in [0.25, 0.3) is 0 Å². The molecule has 0 heterocycles. The van der Waals surface area contributed by atoms with Crippen LogP contribution in [0.5, 0.6) is 0 Å². The minimum absolute atomic E-state index is 0.00810. The minimum atomic E-state index is -4.12. The maximum Gasteiger partial charge on any atom is 0.264 e. The van der Waals surface area contributed by atoms with Crippen molar-refractivity contribution in [3.63, 3.8) is 0 Å². The molecule has 0 aliphatic heterocycles. The van der Waals surface area contributed by atoms with Crippen LogP contribution in [-0.2, 0) is 32.6 Å². The molecule has 0 saturated heterocycles. The Morgan fingerprint density at radius 1 is 0.897 bits per heavy atom. The van der Waals surface area contributed by atoms with Crippen LogP contribution in [0.1, 0.15) is 45.7 Å². The van der Waals surface area contributed by atoms with E-state index in [4.69, 9.17) is 0 Å². The number of nitrogens with one attached hydrogen (secondary N) is 1. The Balaban J connectivity index is 2.02. The van der Waals surface area contributed by atoms with Gasteiger partial charge in [-0.1, -0.05) is 49.4 Å². The number of rotatable bonds is 10. The zero-order valence-electron chi connectivity index (χ0n) is 23.0. The summed E-state index contributed by atoms with van der Waals surface area (Å²) in [7, 11) is -4.12. The quantitative estimate of drug-likeness (QED) is 0.386. The lowest BCUT2D eigenvalue weighted by Gasteiger charge is -2.33. The highest BCUT2D eigenvalue weighted by molar-refractivity contribution is 7.92. The summed E-state index contributed by atoms with van der Waals surface area (Å²) in [6.07, 6.45) is 0.774. The largest absolute Gasteiger partial charge is 0.350 e. The third-order valence-electron chi connectivity index (χ3n) is 6.17. The summed E-state index contributed by atoms with van der Waals surface area (Å²) < 4.78 is 42.1. The fraction of sp³-hybridized carbons (Fsp3) is 0.333. The first-order chi connectivity index (χ1) is 18.3. The molecule has 0 saturated carbocycles. The number of anilines is 1. The lowest BCUT2D eigenvalue weighted by Crippen LogP contribution is -2.54. The van der Waals surface area contributed by atoms with E-state index in [1.54, 1.807) is 37.3 Å². The predicted octanol–water partition coefficient (Wildman–Crippen LogP) is 4.92. The van der Waals surface area contributed by atoms with Crippen molar-refractivity contribution in [3.8, 4) is 0 Å². The number of nitrogens with zero attached hydrogens (tertiary/aromatic N) is 2. The van der Waals surface area contributed by atoms with Crippen LogP contribution in [0.3, 0.4) is 0 Å². The van der Waals surface area contributed by atoms with Gasteiger partial charge in [0.25, 0.3) is 10.0 Å². The van der Waals surface area contributed by atoms with Gasteiger partial charge >= 0.3 is 0 Å². The van der Waals surface area contributed by atoms with Crippen LogP contribution >= 0.6 is 0 Å². The van der Waals surface area contributed by atoms with Crippen LogP contribution in [0.15, 0.2) is 83.8 Å². The molecule has 3 aromatic carbocycles. The number of benzene rings is 3. The second kappa shape index (κ2) is 12.4. The highest BCUT2D eigenvalue weighted by Crippen LogP contribution is 2.25. The molecule has 1 unspecified atom stereocenters. The van der Waals surface area contributed by atoms with E-state index in [1.165, 1.54) is 41.3 Å². The molecule has 0 fully saturated rings. The predicted molar refractivity (Wildman–Crippen MR) is 151 cm³/mol.